The molecule has 0 aliphatic carbocycles. The molecule has 2 nitrogen and oxygen atoms in total. The number of halogens is 1. The molecule has 0 atom stereocenters. The Morgan fingerprint density at radius 2 is 1.65 bits per heavy atom. The van der Waals surface area contributed by atoms with Gasteiger partial charge < -0.3 is 10.1 Å². The molecular weight excluding hydrogens is 270 g/mol. The number of hydrogen-bond donors (Lipinski definition) is 1. The standard InChI is InChI=1S/C17H20ClNO/c1-17(2,3)20-16-7-5-4-6-13(16)12-19-15-10-8-14(18)9-11-15/h4-11,19H,12H2,1-3H3. The van der Waals surface area contributed by atoms with E-state index in [2.05, 4.69) is 32.2 Å². The fraction of sp³-hybridized carbons (Fsp3) is 0.294. The minimum atomic E-state index is -0.198. The second kappa shape index (κ2) is 6.19. The molecule has 0 amide bonds. The summed E-state index contributed by atoms with van der Waals surface area (Å²) in [6, 6.07) is 15.8. The van der Waals surface area contributed by atoms with Gasteiger partial charge in [-0.15, -0.1) is 0 Å². The van der Waals surface area contributed by atoms with Crippen LogP contribution in [0, 0.1) is 0 Å². The van der Waals surface area contributed by atoms with Crippen LogP contribution in [0.25, 0.3) is 0 Å². The van der Waals surface area contributed by atoms with Gasteiger partial charge in [-0.1, -0.05) is 29.8 Å². The van der Waals surface area contributed by atoms with Crippen LogP contribution >= 0.6 is 11.6 Å². The Balaban J connectivity index is 2.07. The van der Waals surface area contributed by atoms with Crippen LogP contribution < -0.4 is 10.1 Å². The van der Waals surface area contributed by atoms with E-state index in [0.29, 0.717) is 6.54 Å². The highest BCUT2D eigenvalue weighted by Crippen LogP contribution is 2.24. The van der Waals surface area contributed by atoms with Gasteiger partial charge in [0.05, 0.1) is 0 Å². The first-order valence-corrected chi connectivity index (χ1v) is 7.08. The van der Waals surface area contributed by atoms with Gasteiger partial charge in [0.2, 0.25) is 0 Å². The van der Waals surface area contributed by atoms with Crippen LogP contribution in [0.5, 0.6) is 5.75 Å². The zero-order valence-electron chi connectivity index (χ0n) is 12.1. The van der Waals surface area contributed by atoms with E-state index in [1.165, 1.54) is 0 Å². The van der Waals surface area contributed by atoms with Gasteiger partial charge in [-0.25, -0.2) is 0 Å². The smallest absolute Gasteiger partial charge is 0.125 e. The molecule has 0 aromatic heterocycles. The monoisotopic (exact) mass is 289 g/mol. The highest BCUT2D eigenvalue weighted by molar-refractivity contribution is 6.30. The van der Waals surface area contributed by atoms with Crippen molar-refractivity contribution in [3.63, 3.8) is 0 Å². The van der Waals surface area contributed by atoms with E-state index in [1.807, 2.05) is 42.5 Å². The third-order valence-electron chi connectivity index (χ3n) is 2.72. The average molecular weight is 290 g/mol. The molecule has 0 aliphatic heterocycles. The Kier molecular flexibility index (Phi) is 4.56. The molecule has 3 heteroatoms. The predicted octanol–water partition coefficient (Wildman–Crippen LogP) is 5.13. The third kappa shape index (κ3) is 4.46. The largest absolute Gasteiger partial charge is 0.488 e. The zero-order valence-corrected chi connectivity index (χ0v) is 12.9. The van der Waals surface area contributed by atoms with E-state index in [0.717, 1.165) is 22.0 Å². The molecular formula is C17H20ClNO. The highest BCUT2D eigenvalue weighted by Gasteiger charge is 2.14. The fourth-order valence-corrected chi connectivity index (χ4v) is 1.97. The second-order valence-corrected chi connectivity index (χ2v) is 6.12. The highest BCUT2D eigenvalue weighted by atomic mass is 35.5. The summed E-state index contributed by atoms with van der Waals surface area (Å²) >= 11 is 5.88. The van der Waals surface area contributed by atoms with Gasteiger partial charge in [-0.05, 0) is 51.1 Å². The molecule has 0 aliphatic rings. The number of nitrogens with one attached hydrogen (secondary N) is 1. The van der Waals surface area contributed by atoms with Gasteiger partial charge in [-0.2, -0.15) is 0 Å². The first-order valence-electron chi connectivity index (χ1n) is 6.70. The molecule has 0 saturated carbocycles. The Hall–Kier alpha value is -1.67. The molecule has 0 saturated heterocycles. The SMILES string of the molecule is CC(C)(C)Oc1ccccc1CNc1ccc(Cl)cc1. The van der Waals surface area contributed by atoms with Crippen LogP contribution in [-0.4, -0.2) is 5.60 Å². The lowest BCUT2D eigenvalue weighted by Crippen LogP contribution is -2.23. The van der Waals surface area contributed by atoms with Crippen molar-refractivity contribution in [2.75, 3.05) is 5.32 Å². The van der Waals surface area contributed by atoms with Crippen molar-refractivity contribution in [1.82, 2.24) is 0 Å². The van der Waals surface area contributed by atoms with Gasteiger partial charge in [0.25, 0.3) is 0 Å². The Morgan fingerprint density at radius 3 is 2.30 bits per heavy atom. The maximum absolute atomic E-state index is 5.98. The number of hydrogen-bond acceptors (Lipinski definition) is 2. The molecule has 20 heavy (non-hydrogen) atoms. The van der Waals surface area contributed by atoms with Crippen LogP contribution in [0.4, 0.5) is 5.69 Å². The van der Waals surface area contributed by atoms with Gasteiger partial charge >= 0.3 is 0 Å². The molecule has 2 rings (SSSR count). The molecule has 2 aromatic rings. The maximum atomic E-state index is 5.98. The van der Waals surface area contributed by atoms with Crippen molar-refractivity contribution in [1.29, 1.82) is 0 Å². The van der Waals surface area contributed by atoms with E-state index >= 15 is 0 Å². The molecule has 0 bridgehead atoms. The van der Waals surface area contributed by atoms with Crippen molar-refractivity contribution in [3.8, 4) is 5.75 Å². The summed E-state index contributed by atoms with van der Waals surface area (Å²) < 4.78 is 5.98. The van der Waals surface area contributed by atoms with E-state index in [9.17, 15) is 0 Å². The Labute approximate surface area is 125 Å². The Morgan fingerprint density at radius 1 is 1.00 bits per heavy atom. The second-order valence-electron chi connectivity index (χ2n) is 5.68. The molecule has 2 aromatic carbocycles. The molecule has 0 spiro atoms. The average Bonchev–Trinajstić information content (AvgIpc) is 2.38. The molecule has 1 N–H and O–H groups in total. The maximum Gasteiger partial charge on any atom is 0.125 e. The normalized spacial score (nSPS) is 11.2. The number of anilines is 1. The predicted molar refractivity (Wildman–Crippen MR) is 85.6 cm³/mol. The van der Waals surface area contributed by atoms with E-state index < -0.39 is 0 Å². The molecule has 0 radical (unpaired) electrons. The zero-order chi connectivity index (χ0) is 14.6. The molecule has 0 heterocycles. The fourth-order valence-electron chi connectivity index (χ4n) is 1.84. The van der Waals surface area contributed by atoms with E-state index in [-0.39, 0.29) is 5.60 Å². The van der Waals surface area contributed by atoms with Crippen molar-refractivity contribution in [3.05, 3.63) is 59.1 Å². The molecule has 106 valence electrons. The van der Waals surface area contributed by atoms with E-state index in [1.54, 1.807) is 0 Å². The minimum absolute atomic E-state index is 0.198. The van der Waals surface area contributed by atoms with Crippen molar-refractivity contribution < 1.29 is 4.74 Å². The van der Waals surface area contributed by atoms with Crippen molar-refractivity contribution >= 4 is 17.3 Å². The van der Waals surface area contributed by atoms with Crippen LogP contribution in [0.15, 0.2) is 48.5 Å². The lowest BCUT2D eigenvalue weighted by molar-refractivity contribution is 0.129. The summed E-state index contributed by atoms with van der Waals surface area (Å²) in [5.41, 5.74) is 1.98. The van der Waals surface area contributed by atoms with Crippen LogP contribution in [-0.2, 0) is 6.54 Å². The first kappa shape index (κ1) is 14.7. The number of benzene rings is 2. The van der Waals surface area contributed by atoms with Gasteiger partial charge in [0.15, 0.2) is 0 Å². The lowest BCUT2D eigenvalue weighted by atomic mass is 10.1. The number of rotatable bonds is 4. The lowest BCUT2D eigenvalue weighted by Gasteiger charge is -2.23. The van der Waals surface area contributed by atoms with Gasteiger partial charge in [0.1, 0.15) is 11.4 Å². The Bertz CT molecular complexity index is 558. The summed E-state index contributed by atoms with van der Waals surface area (Å²) in [6.07, 6.45) is 0. The molecule has 0 fully saturated rings. The quantitative estimate of drug-likeness (QED) is 0.842. The van der Waals surface area contributed by atoms with Crippen LogP contribution in [0.1, 0.15) is 26.3 Å². The van der Waals surface area contributed by atoms with E-state index in [4.69, 9.17) is 16.3 Å². The van der Waals surface area contributed by atoms with Gasteiger partial charge in [0, 0.05) is 22.8 Å². The van der Waals surface area contributed by atoms with Crippen LogP contribution in [0.3, 0.4) is 0 Å². The first-order chi connectivity index (χ1) is 9.44. The van der Waals surface area contributed by atoms with Crippen molar-refractivity contribution in [2.45, 2.75) is 32.9 Å². The number of para-hydroxylation sites is 1. The number of ether oxygens (including phenoxy) is 1. The van der Waals surface area contributed by atoms with Crippen LogP contribution in [0.2, 0.25) is 5.02 Å². The summed E-state index contributed by atoms with van der Waals surface area (Å²) in [5.74, 6) is 0.918. The summed E-state index contributed by atoms with van der Waals surface area (Å²) in [6.45, 7) is 6.87. The third-order valence-corrected chi connectivity index (χ3v) is 2.97. The summed E-state index contributed by atoms with van der Waals surface area (Å²) in [4.78, 5) is 0. The minimum Gasteiger partial charge on any atom is -0.488 e. The summed E-state index contributed by atoms with van der Waals surface area (Å²) in [7, 11) is 0. The van der Waals surface area contributed by atoms with Gasteiger partial charge in [-0.3, -0.25) is 0 Å². The topological polar surface area (TPSA) is 21.3 Å². The van der Waals surface area contributed by atoms with Crippen molar-refractivity contribution in [2.24, 2.45) is 0 Å². The summed E-state index contributed by atoms with van der Waals surface area (Å²) in [5, 5.41) is 4.12. The molecule has 0 unspecified atom stereocenters.